The van der Waals surface area contributed by atoms with Gasteiger partial charge in [-0.2, -0.15) is 5.10 Å². The third-order valence-corrected chi connectivity index (χ3v) is 3.32. The minimum Gasteiger partial charge on any atom is -0.384 e. The summed E-state index contributed by atoms with van der Waals surface area (Å²) in [5.74, 6) is 5.17. The van der Waals surface area contributed by atoms with Crippen LogP contribution in [0.4, 0.5) is 0 Å². The maximum absolute atomic E-state index is 11.9. The molecule has 0 aliphatic carbocycles. The summed E-state index contributed by atoms with van der Waals surface area (Å²) in [6.45, 7) is 0.217. The molecule has 0 aliphatic rings. The average Bonchev–Trinajstić information content (AvgIpc) is 3.02. The Morgan fingerprint density at radius 3 is 3.05 bits per heavy atom. The number of carbonyl (C=O) groups excluding carboxylic acids is 1. The van der Waals surface area contributed by atoms with Crippen LogP contribution in [0.5, 0.6) is 0 Å². The molecule has 0 aromatic carbocycles. The molecule has 0 spiro atoms. The van der Waals surface area contributed by atoms with E-state index in [2.05, 4.69) is 22.3 Å². The second kappa shape index (κ2) is 6.18. The Labute approximate surface area is 114 Å². The molecule has 0 saturated heterocycles. The minimum absolute atomic E-state index is 0.146. The smallest absolute Gasteiger partial charge is 0.261 e. The number of amides is 1. The molecule has 0 bridgehead atoms. The van der Waals surface area contributed by atoms with Crippen molar-refractivity contribution in [3.05, 3.63) is 39.8 Å². The number of nitrogens with one attached hydrogen (secondary N) is 1. The fourth-order valence-electron chi connectivity index (χ4n) is 1.47. The van der Waals surface area contributed by atoms with E-state index in [1.807, 2.05) is 19.3 Å². The third kappa shape index (κ3) is 3.68. The first kappa shape index (κ1) is 13.3. The lowest BCUT2D eigenvalue weighted by Crippen LogP contribution is -2.22. The van der Waals surface area contributed by atoms with Crippen LogP contribution >= 0.6 is 11.3 Å². The van der Waals surface area contributed by atoms with Crippen molar-refractivity contribution < 1.29 is 9.90 Å². The lowest BCUT2D eigenvalue weighted by Gasteiger charge is -2.00. The molecule has 2 aromatic rings. The molecule has 98 valence electrons. The zero-order valence-corrected chi connectivity index (χ0v) is 11.2. The van der Waals surface area contributed by atoms with E-state index >= 15 is 0 Å². The van der Waals surface area contributed by atoms with E-state index in [1.165, 1.54) is 11.3 Å². The van der Waals surface area contributed by atoms with Crippen molar-refractivity contribution >= 4 is 17.2 Å². The molecule has 2 aromatic heterocycles. The van der Waals surface area contributed by atoms with Gasteiger partial charge in [-0.15, -0.1) is 11.3 Å². The van der Waals surface area contributed by atoms with Crippen molar-refractivity contribution in [3.63, 3.8) is 0 Å². The third-order valence-electron chi connectivity index (χ3n) is 2.32. The summed E-state index contributed by atoms with van der Waals surface area (Å²) in [6, 6.07) is 5.34. The summed E-state index contributed by atoms with van der Waals surface area (Å²) >= 11 is 1.30. The number of aliphatic hydroxyl groups excluding tert-OH is 1. The van der Waals surface area contributed by atoms with Crippen LogP contribution in [0.15, 0.2) is 24.4 Å². The molecular weight excluding hydrogens is 262 g/mol. The van der Waals surface area contributed by atoms with Gasteiger partial charge in [0.05, 0.1) is 22.0 Å². The fraction of sp³-hybridized carbons (Fsp3) is 0.231. The summed E-state index contributed by atoms with van der Waals surface area (Å²) in [4.78, 5) is 13.2. The highest BCUT2D eigenvalue weighted by Crippen LogP contribution is 2.15. The second-order valence-electron chi connectivity index (χ2n) is 3.79. The van der Waals surface area contributed by atoms with Crippen LogP contribution in [0, 0.1) is 11.8 Å². The van der Waals surface area contributed by atoms with Gasteiger partial charge < -0.3 is 10.4 Å². The Morgan fingerprint density at radius 1 is 1.53 bits per heavy atom. The van der Waals surface area contributed by atoms with Crippen LogP contribution < -0.4 is 5.32 Å². The topological polar surface area (TPSA) is 67.2 Å². The molecule has 5 nitrogen and oxygen atoms in total. The van der Waals surface area contributed by atoms with E-state index < -0.39 is 0 Å². The fourth-order valence-corrected chi connectivity index (χ4v) is 2.27. The monoisotopic (exact) mass is 275 g/mol. The molecule has 2 rings (SSSR count). The number of aryl methyl sites for hydroxylation is 1. The first-order valence-electron chi connectivity index (χ1n) is 5.65. The van der Waals surface area contributed by atoms with Crippen molar-refractivity contribution in [2.75, 3.05) is 6.61 Å². The van der Waals surface area contributed by atoms with E-state index in [-0.39, 0.29) is 12.5 Å². The maximum atomic E-state index is 11.9. The van der Waals surface area contributed by atoms with Gasteiger partial charge in [0, 0.05) is 13.2 Å². The SMILES string of the molecule is Cn1ccc(CNC(=O)c2ccc(C#CCO)s2)n1. The van der Waals surface area contributed by atoms with E-state index in [0.29, 0.717) is 11.4 Å². The van der Waals surface area contributed by atoms with Crippen LogP contribution in [0.25, 0.3) is 0 Å². The maximum Gasteiger partial charge on any atom is 0.261 e. The first-order valence-corrected chi connectivity index (χ1v) is 6.47. The molecule has 0 radical (unpaired) electrons. The molecule has 0 fully saturated rings. The van der Waals surface area contributed by atoms with Crippen molar-refractivity contribution in [2.45, 2.75) is 6.54 Å². The summed E-state index contributed by atoms with van der Waals surface area (Å²) in [7, 11) is 1.83. The molecule has 0 aliphatic heterocycles. The van der Waals surface area contributed by atoms with Gasteiger partial charge in [-0.3, -0.25) is 9.48 Å². The number of aromatic nitrogens is 2. The van der Waals surface area contributed by atoms with E-state index in [9.17, 15) is 4.79 Å². The lowest BCUT2D eigenvalue weighted by molar-refractivity contribution is 0.0954. The molecule has 2 heterocycles. The van der Waals surface area contributed by atoms with Crippen LogP contribution in [0.3, 0.4) is 0 Å². The Bertz CT molecular complexity index is 634. The molecular formula is C13H13N3O2S. The van der Waals surface area contributed by atoms with Crippen LogP contribution in [0.1, 0.15) is 20.2 Å². The summed E-state index contributed by atoms with van der Waals surface area (Å²) in [5.41, 5.74) is 0.813. The summed E-state index contributed by atoms with van der Waals surface area (Å²) < 4.78 is 1.69. The standard InChI is InChI=1S/C13H13N3O2S/c1-16-7-6-10(15-16)9-14-13(18)12-5-4-11(19-12)3-2-8-17/h4-7,17H,8-9H2,1H3,(H,14,18). The molecule has 6 heteroatoms. The zero-order chi connectivity index (χ0) is 13.7. The number of thiophene rings is 1. The van der Waals surface area contributed by atoms with E-state index in [4.69, 9.17) is 5.11 Å². The van der Waals surface area contributed by atoms with Gasteiger partial charge in [-0.25, -0.2) is 0 Å². The van der Waals surface area contributed by atoms with Crippen LogP contribution in [-0.2, 0) is 13.6 Å². The Kier molecular flexibility index (Phi) is 4.34. The van der Waals surface area contributed by atoms with Gasteiger partial charge in [0.25, 0.3) is 5.91 Å². The minimum atomic E-state index is -0.181. The molecule has 1 amide bonds. The highest BCUT2D eigenvalue weighted by Gasteiger charge is 2.08. The van der Waals surface area contributed by atoms with Gasteiger partial charge in [0.15, 0.2) is 0 Å². The van der Waals surface area contributed by atoms with E-state index in [0.717, 1.165) is 10.6 Å². The molecule has 2 N–H and O–H groups in total. The average molecular weight is 275 g/mol. The molecule has 19 heavy (non-hydrogen) atoms. The Hall–Kier alpha value is -2.10. The molecule has 0 atom stereocenters. The van der Waals surface area contributed by atoms with Gasteiger partial charge in [-0.1, -0.05) is 11.8 Å². The highest BCUT2D eigenvalue weighted by molar-refractivity contribution is 7.14. The van der Waals surface area contributed by atoms with E-state index in [1.54, 1.807) is 16.8 Å². The predicted molar refractivity (Wildman–Crippen MR) is 72.7 cm³/mol. The van der Waals surface area contributed by atoms with Gasteiger partial charge in [0.2, 0.25) is 0 Å². The highest BCUT2D eigenvalue weighted by atomic mass is 32.1. The van der Waals surface area contributed by atoms with Crippen molar-refractivity contribution in [2.24, 2.45) is 7.05 Å². The van der Waals surface area contributed by atoms with Crippen LogP contribution in [-0.4, -0.2) is 27.4 Å². The predicted octanol–water partition coefficient (Wildman–Crippen LogP) is 0.755. The number of rotatable bonds is 3. The summed E-state index contributed by atoms with van der Waals surface area (Å²) in [6.07, 6.45) is 1.83. The zero-order valence-electron chi connectivity index (χ0n) is 10.4. The molecule has 0 saturated carbocycles. The number of hydrogen-bond acceptors (Lipinski definition) is 4. The Balaban J connectivity index is 1.94. The molecule has 0 unspecified atom stereocenters. The normalized spacial score (nSPS) is 9.79. The summed E-state index contributed by atoms with van der Waals surface area (Å²) in [5, 5.41) is 15.6. The first-order chi connectivity index (χ1) is 9.19. The van der Waals surface area contributed by atoms with Gasteiger partial charge in [0.1, 0.15) is 6.61 Å². The quantitative estimate of drug-likeness (QED) is 0.813. The lowest BCUT2D eigenvalue weighted by atomic mass is 10.4. The Morgan fingerprint density at radius 2 is 2.37 bits per heavy atom. The number of hydrogen-bond donors (Lipinski definition) is 2. The second-order valence-corrected chi connectivity index (χ2v) is 4.87. The van der Waals surface area contributed by atoms with Gasteiger partial charge in [-0.05, 0) is 18.2 Å². The largest absolute Gasteiger partial charge is 0.384 e. The van der Waals surface area contributed by atoms with Crippen molar-refractivity contribution in [1.29, 1.82) is 0 Å². The van der Waals surface area contributed by atoms with Gasteiger partial charge >= 0.3 is 0 Å². The number of carbonyl (C=O) groups is 1. The van der Waals surface area contributed by atoms with Crippen LogP contribution in [0.2, 0.25) is 0 Å². The van der Waals surface area contributed by atoms with Crippen molar-refractivity contribution in [3.8, 4) is 11.8 Å². The number of nitrogens with zero attached hydrogens (tertiary/aromatic N) is 2. The number of aliphatic hydroxyl groups is 1. The van der Waals surface area contributed by atoms with Crippen molar-refractivity contribution in [1.82, 2.24) is 15.1 Å².